The minimum absolute atomic E-state index is 0.00275. The number of guanidine groups is 1. The van der Waals surface area contributed by atoms with Gasteiger partial charge in [-0.1, -0.05) is 26.8 Å². The molecule has 1 aromatic rings. The van der Waals surface area contributed by atoms with Gasteiger partial charge < -0.3 is 21.1 Å². The number of nitrogens with two attached hydrogens (primary N) is 1. The van der Waals surface area contributed by atoms with E-state index in [1.807, 2.05) is 45.0 Å². The topological polar surface area (TPSA) is 88.7 Å². The van der Waals surface area contributed by atoms with E-state index in [0.29, 0.717) is 19.0 Å². The van der Waals surface area contributed by atoms with Gasteiger partial charge >= 0.3 is 0 Å². The average Bonchev–Trinajstić information content (AvgIpc) is 2.42. The molecule has 0 atom stereocenters. The number of carbonyl (C=O) groups is 1. The number of methoxy groups -OCH3 is 1. The molecule has 1 amide bonds. The highest BCUT2D eigenvalue weighted by Gasteiger charge is 2.19. The third-order valence-corrected chi connectivity index (χ3v) is 2.70. The lowest BCUT2D eigenvalue weighted by Crippen LogP contribution is -2.36. The van der Waals surface area contributed by atoms with Crippen molar-refractivity contribution in [2.24, 2.45) is 16.1 Å². The fourth-order valence-electron chi connectivity index (χ4n) is 1.50. The van der Waals surface area contributed by atoms with Crippen LogP contribution < -0.4 is 21.1 Å². The van der Waals surface area contributed by atoms with Gasteiger partial charge in [0.15, 0.2) is 5.96 Å². The van der Waals surface area contributed by atoms with Crippen LogP contribution in [0, 0.1) is 5.41 Å². The van der Waals surface area contributed by atoms with E-state index in [1.54, 1.807) is 7.11 Å². The van der Waals surface area contributed by atoms with Gasteiger partial charge in [0.25, 0.3) is 0 Å². The van der Waals surface area contributed by atoms with Gasteiger partial charge in [-0.15, -0.1) is 0 Å². The van der Waals surface area contributed by atoms with Crippen LogP contribution in [0.15, 0.2) is 29.3 Å². The van der Waals surface area contributed by atoms with Crippen LogP contribution in [0.4, 0.5) is 5.69 Å². The van der Waals surface area contributed by atoms with Crippen molar-refractivity contribution in [3.05, 3.63) is 24.3 Å². The molecular weight excluding hydrogens is 268 g/mol. The zero-order valence-corrected chi connectivity index (χ0v) is 13.1. The molecule has 6 nitrogen and oxygen atoms in total. The lowest BCUT2D eigenvalue weighted by Gasteiger charge is -2.17. The van der Waals surface area contributed by atoms with Crippen LogP contribution >= 0.6 is 0 Å². The van der Waals surface area contributed by atoms with Crippen molar-refractivity contribution in [3.8, 4) is 5.75 Å². The highest BCUT2D eigenvalue weighted by atomic mass is 16.5. The molecule has 0 unspecified atom stereocenters. The predicted octanol–water partition coefficient (Wildman–Crippen LogP) is 1.58. The van der Waals surface area contributed by atoms with E-state index < -0.39 is 5.41 Å². The molecule has 6 heteroatoms. The summed E-state index contributed by atoms with van der Waals surface area (Å²) in [5, 5.41) is 5.78. The predicted molar refractivity (Wildman–Crippen MR) is 85.6 cm³/mol. The zero-order valence-electron chi connectivity index (χ0n) is 13.1. The quantitative estimate of drug-likeness (QED) is 0.437. The van der Waals surface area contributed by atoms with Gasteiger partial charge in [0.1, 0.15) is 5.75 Å². The van der Waals surface area contributed by atoms with Crippen molar-refractivity contribution < 1.29 is 9.53 Å². The lowest BCUT2D eigenvalue weighted by atomic mass is 9.96. The van der Waals surface area contributed by atoms with Gasteiger partial charge in [0.2, 0.25) is 5.91 Å². The van der Waals surface area contributed by atoms with Crippen LogP contribution in [-0.2, 0) is 4.79 Å². The normalized spacial score (nSPS) is 11.9. The fourth-order valence-corrected chi connectivity index (χ4v) is 1.50. The summed E-state index contributed by atoms with van der Waals surface area (Å²) in [5.74, 6) is 1.04. The minimum Gasteiger partial charge on any atom is -0.497 e. The molecule has 0 heterocycles. The first-order chi connectivity index (χ1) is 9.82. The molecular formula is C15H24N4O2. The number of hydrogen-bond donors (Lipinski definition) is 3. The maximum absolute atomic E-state index is 11.7. The number of benzene rings is 1. The van der Waals surface area contributed by atoms with Crippen molar-refractivity contribution in [1.82, 2.24) is 5.32 Å². The summed E-state index contributed by atoms with van der Waals surface area (Å²) in [5.41, 5.74) is 6.19. The van der Waals surface area contributed by atoms with Gasteiger partial charge in [-0.25, -0.2) is 0 Å². The molecule has 0 saturated heterocycles. The average molecular weight is 292 g/mol. The summed E-state index contributed by atoms with van der Waals surface area (Å²) in [4.78, 5) is 15.8. The largest absolute Gasteiger partial charge is 0.497 e. The van der Waals surface area contributed by atoms with Crippen LogP contribution in [-0.4, -0.2) is 32.1 Å². The lowest BCUT2D eigenvalue weighted by molar-refractivity contribution is -0.128. The molecule has 0 bridgehead atoms. The van der Waals surface area contributed by atoms with Crippen LogP contribution in [0.1, 0.15) is 20.8 Å². The van der Waals surface area contributed by atoms with E-state index in [9.17, 15) is 4.79 Å². The number of nitrogens with zero attached hydrogens (tertiary/aromatic N) is 1. The molecule has 0 radical (unpaired) electrons. The molecule has 0 spiro atoms. The van der Waals surface area contributed by atoms with Crippen LogP contribution in [0.25, 0.3) is 0 Å². The second-order valence-electron chi connectivity index (χ2n) is 5.63. The SMILES string of the molecule is COc1cccc(NC(N)=NCCNC(=O)C(C)(C)C)c1. The van der Waals surface area contributed by atoms with Gasteiger partial charge in [-0.2, -0.15) is 0 Å². The molecule has 0 fully saturated rings. The fraction of sp³-hybridized carbons (Fsp3) is 0.467. The third-order valence-electron chi connectivity index (χ3n) is 2.70. The smallest absolute Gasteiger partial charge is 0.225 e. The first-order valence-electron chi connectivity index (χ1n) is 6.82. The highest BCUT2D eigenvalue weighted by Crippen LogP contribution is 2.16. The maximum Gasteiger partial charge on any atom is 0.225 e. The van der Waals surface area contributed by atoms with Crippen LogP contribution in [0.2, 0.25) is 0 Å². The Balaban J connectivity index is 2.41. The molecule has 0 aliphatic heterocycles. The Morgan fingerprint density at radius 2 is 2.10 bits per heavy atom. The Labute approximate surface area is 125 Å². The molecule has 116 valence electrons. The summed E-state index contributed by atoms with van der Waals surface area (Å²) in [6, 6.07) is 7.40. The number of nitrogens with one attached hydrogen (secondary N) is 2. The second-order valence-corrected chi connectivity index (χ2v) is 5.63. The number of hydrogen-bond acceptors (Lipinski definition) is 3. The number of anilines is 1. The van der Waals surface area contributed by atoms with E-state index in [1.165, 1.54) is 0 Å². The summed E-state index contributed by atoms with van der Waals surface area (Å²) < 4.78 is 5.12. The van der Waals surface area contributed by atoms with Gasteiger partial charge in [0.05, 0.1) is 13.7 Å². The molecule has 0 saturated carbocycles. The number of ether oxygens (including phenoxy) is 1. The van der Waals surface area contributed by atoms with E-state index in [4.69, 9.17) is 10.5 Å². The van der Waals surface area contributed by atoms with Crippen LogP contribution in [0.5, 0.6) is 5.75 Å². The minimum atomic E-state index is -0.395. The molecule has 0 aliphatic carbocycles. The van der Waals surface area contributed by atoms with E-state index in [0.717, 1.165) is 11.4 Å². The third kappa shape index (κ3) is 6.16. The maximum atomic E-state index is 11.7. The molecule has 21 heavy (non-hydrogen) atoms. The highest BCUT2D eigenvalue weighted by molar-refractivity contribution is 5.92. The van der Waals surface area contributed by atoms with Gasteiger partial charge in [-0.3, -0.25) is 9.79 Å². The second kappa shape index (κ2) is 7.52. The first kappa shape index (κ1) is 16.8. The van der Waals surface area contributed by atoms with Crippen molar-refractivity contribution in [2.45, 2.75) is 20.8 Å². The number of aliphatic imine (C=N–C) groups is 1. The monoisotopic (exact) mass is 292 g/mol. The van der Waals surface area contributed by atoms with Crippen molar-refractivity contribution in [2.75, 3.05) is 25.5 Å². The van der Waals surface area contributed by atoms with E-state index in [-0.39, 0.29) is 5.91 Å². The summed E-state index contributed by atoms with van der Waals surface area (Å²) in [6.07, 6.45) is 0. The first-order valence-corrected chi connectivity index (χ1v) is 6.82. The summed E-state index contributed by atoms with van der Waals surface area (Å²) in [6.45, 7) is 6.47. The van der Waals surface area contributed by atoms with Crippen LogP contribution in [0.3, 0.4) is 0 Å². The van der Waals surface area contributed by atoms with Gasteiger partial charge in [0, 0.05) is 23.7 Å². The molecule has 0 aromatic heterocycles. The molecule has 1 rings (SSSR count). The number of amides is 1. The summed E-state index contributed by atoms with van der Waals surface area (Å²) >= 11 is 0. The molecule has 4 N–H and O–H groups in total. The Hall–Kier alpha value is -2.24. The van der Waals surface area contributed by atoms with E-state index >= 15 is 0 Å². The zero-order chi connectivity index (χ0) is 15.9. The molecule has 0 aliphatic rings. The van der Waals surface area contributed by atoms with Crippen molar-refractivity contribution in [3.63, 3.8) is 0 Å². The summed E-state index contributed by atoms with van der Waals surface area (Å²) in [7, 11) is 1.61. The Kier molecular flexibility index (Phi) is 6.02. The van der Waals surface area contributed by atoms with Gasteiger partial charge in [-0.05, 0) is 12.1 Å². The van der Waals surface area contributed by atoms with Crippen molar-refractivity contribution >= 4 is 17.6 Å². The Morgan fingerprint density at radius 3 is 2.71 bits per heavy atom. The number of carbonyl (C=O) groups excluding carboxylic acids is 1. The Morgan fingerprint density at radius 1 is 1.38 bits per heavy atom. The number of rotatable bonds is 5. The van der Waals surface area contributed by atoms with E-state index in [2.05, 4.69) is 15.6 Å². The molecule has 1 aromatic carbocycles. The Bertz CT molecular complexity index is 507. The van der Waals surface area contributed by atoms with Crippen molar-refractivity contribution in [1.29, 1.82) is 0 Å². The standard InChI is InChI=1S/C15H24N4O2/c1-15(2,3)13(20)17-8-9-18-14(16)19-11-6-5-7-12(10-11)21-4/h5-7,10H,8-9H2,1-4H3,(H,17,20)(H3,16,18,19).